The molecule has 0 saturated carbocycles. The molecule has 0 aliphatic carbocycles. The molecule has 1 heterocycles. The monoisotopic (exact) mass is 466 g/mol. The van der Waals surface area contributed by atoms with Crippen LogP contribution in [0, 0.1) is 0 Å². The molecular formula is C24H20BrOPS. The van der Waals surface area contributed by atoms with Gasteiger partial charge >= 0.3 is 0 Å². The van der Waals surface area contributed by atoms with E-state index in [1.807, 2.05) is 6.07 Å². The minimum absolute atomic E-state index is 0. The predicted molar refractivity (Wildman–Crippen MR) is 119 cm³/mol. The molecule has 0 unspecified atom stereocenters. The molecule has 0 radical (unpaired) electrons. The second kappa shape index (κ2) is 9.43. The molecule has 0 atom stereocenters. The van der Waals surface area contributed by atoms with Crippen LogP contribution in [0.5, 0.6) is 0 Å². The zero-order valence-electron chi connectivity index (χ0n) is 15.2. The fraction of sp³-hybridized carbons (Fsp3) is 0.0417. The minimum atomic E-state index is -1.88. The van der Waals surface area contributed by atoms with Crippen LogP contribution in [0.1, 0.15) is 14.5 Å². The number of aldehydes is 1. The van der Waals surface area contributed by atoms with Crippen LogP contribution in [0.15, 0.2) is 103 Å². The van der Waals surface area contributed by atoms with E-state index in [2.05, 4.69) is 97.1 Å². The third kappa shape index (κ3) is 4.03. The average molecular weight is 467 g/mol. The Morgan fingerprint density at radius 3 is 1.43 bits per heavy atom. The van der Waals surface area contributed by atoms with Crippen molar-refractivity contribution in [1.29, 1.82) is 0 Å². The quantitative estimate of drug-likeness (QED) is 0.314. The molecule has 4 aromatic rings. The molecule has 0 spiro atoms. The van der Waals surface area contributed by atoms with Crippen molar-refractivity contribution in [3.8, 4) is 0 Å². The number of rotatable bonds is 6. The summed E-state index contributed by atoms with van der Waals surface area (Å²) < 4.78 is 0. The van der Waals surface area contributed by atoms with Crippen molar-refractivity contribution >= 4 is 40.8 Å². The van der Waals surface area contributed by atoms with Crippen LogP contribution < -0.4 is 32.9 Å². The number of halogens is 1. The Labute approximate surface area is 181 Å². The van der Waals surface area contributed by atoms with E-state index in [-0.39, 0.29) is 17.0 Å². The van der Waals surface area contributed by atoms with Gasteiger partial charge in [-0.15, -0.1) is 11.3 Å². The molecular weight excluding hydrogens is 447 g/mol. The lowest BCUT2D eigenvalue weighted by molar-refractivity contribution is -0.0000116. The normalized spacial score (nSPS) is 10.9. The van der Waals surface area contributed by atoms with Gasteiger partial charge in [0.15, 0.2) is 6.29 Å². The fourth-order valence-corrected chi connectivity index (χ4v) is 9.07. The average Bonchev–Trinajstić information content (AvgIpc) is 3.21. The summed E-state index contributed by atoms with van der Waals surface area (Å²) in [5.41, 5.74) is 0. The Morgan fingerprint density at radius 2 is 1.07 bits per heavy atom. The number of benzene rings is 3. The van der Waals surface area contributed by atoms with Gasteiger partial charge in [0, 0.05) is 4.88 Å². The summed E-state index contributed by atoms with van der Waals surface area (Å²) in [6.45, 7) is 0. The SMILES string of the molecule is O=Cc1ccc(C[P+](c2ccccc2)(c2ccccc2)c2ccccc2)s1.[Br-]. The maximum atomic E-state index is 11.2. The van der Waals surface area contributed by atoms with Gasteiger partial charge in [-0.05, 0) is 48.5 Å². The third-order valence-corrected chi connectivity index (χ3v) is 10.4. The van der Waals surface area contributed by atoms with E-state index in [1.54, 1.807) is 11.3 Å². The Bertz CT molecular complexity index is 920. The van der Waals surface area contributed by atoms with Crippen LogP contribution in [0.2, 0.25) is 0 Å². The van der Waals surface area contributed by atoms with E-state index in [0.29, 0.717) is 0 Å². The lowest BCUT2D eigenvalue weighted by Crippen LogP contribution is -3.00. The Hall–Kier alpha value is -2.06. The van der Waals surface area contributed by atoms with Crippen LogP contribution >= 0.6 is 18.6 Å². The van der Waals surface area contributed by atoms with Gasteiger partial charge in [0.25, 0.3) is 0 Å². The summed E-state index contributed by atoms with van der Waals surface area (Å²) in [6, 6.07) is 36.5. The molecule has 1 aromatic heterocycles. The smallest absolute Gasteiger partial charge is 0.160 e. The standard InChI is InChI=1S/C24H20OPS.BrH/c25-18-23-16-17-24(27-23)19-26(20-10-4-1-5-11-20,21-12-6-2-7-13-21)22-14-8-3-9-15-22;/h1-18H,19H2;1H/q+1;/p-1. The number of carbonyl (C=O) groups is 1. The van der Waals surface area contributed by atoms with E-state index in [1.165, 1.54) is 20.8 Å². The van der Waals surface area contributed by atoms with Crippen molar-refractivity contribution < 1.29 is 21.8 Å². The van der Waals surface area contributed by atoms with Crippen molar-refractivity contribution in [3.05, 3.63) is 113 Å². The molecule has 0 saturated heterocycles. The highest BCUT2D eigenvalue weighted by atomic mass is 79.9. The van der Waals surface area contributed by atoms with Crippen LogP contribution in [-0.4, -0.2) is 6.29 Å². The summed E-state index contributed by atoms with van der Waals surface area (Å²) in [4.78, 5) is 13.3. The van der Waals surface area contributed by atoms with Gasteiger partial charge in [0.2, 0.25) is 0 Å². The van der Waals surface area contributed by atoms with E-state index < -0.39 is 7.26 Å². The van der Waals surface area contributed by atoms with E-state index in [0.717, 1.165) is 17.3 Å². The van der Waals surface area contributed by atoms with E-state index in [9.17, 15) is 4.79 Å². The van der Waals surface area contributed by atoms with Gasteiger partial charge < -0.3 is 17.0 Å². The lowest BCUT2D eigenvalue weighted by atomic mass is 10.4. The molecule has 0 aliphatic heterocycles. The van der Waals surface area contributed by atoms with Crippen molar-refractivity contribution in [1.82, 2.24) is 0 Å². The van der Waals surface area contributed by atoms with Gasteiger partial charge in [0.05, 0.1) is 4.88 Å². The van der Waals surface area contributed by atoms with Crippen molar-refractivity contribution in [2.75, 3.05) is 0 Å². The van der Waals surface area contributed by atoms with Crippen molar-refractivity contribution in [2.45, 2.75) is 6.16 Å². The highest BCUT2D eigenvalue weighted by Gasteiger charge is 2.45. The number of carbonyl (C=O) groups excluding carboxylic acids is 1. The molecule has 0 N–H and O–H groups in total. The van der Waals surface area contributed by atoms with Gasteiger partial charge in [-0.3, -0.25) is 4.79 Å². The largest absolute Gasteiger partial charge is 1.00 e. The summed E-state index contributed by atoms with van der Waals surface area (Å²) in [5, 5.41) is 4.09. The first-order valence-corrected chi connectivity index (χ1v) is 11.7. The van der Waals surface area contributed by atoms with Gasteiger partial charge in [-0.2, -0.15) is 0 Å². The molecule has 3 aromatic carbocycles. The van der Waals surface area contributed by atoms with Crippen LogP contribution in [-0.2, 0) is 6.16 Å². The van der Waals surface area contributed by atoms with Gasteiger partial charge in [0.1, 0.15) is 29.3 Å². The molecule has 0 amide bonds. The Balaban J connectivity index is 0.00000225. The predicted octanol–water partition coefficient (Wildman–Crippen LogP) is 2.06. The second-order valence-corrected chi connectivity index (χ2v) is 11.1. The molecule has 0 aliphatic rings. The maximum absolute atomic E-state index is 11.2. The third-order valence-electron chi connectivity index (χ3n) is 4.78. The van der Waals surface area contributed by atoms with Gasteiger partial charge in [-0.25, -0.2) is 0 Å². The number of thiophene rings is 1. The Kier molecular flexibility index (Phi) is 6.96. The van der Waals surface area contributed by atoms with Crippen LogP contribution in [0.3, 0.4) is 0 Å². The maximum Gasteiger partial charge on any atom is 0.160 e. The van der Waals surface area contributed by atoms with Crippen LogP contribution in [0.25, 0.3) is 0 Å². The van der Waals surface area contributed by atoms with Gasteiger partial charge in [-0.1, -0.05) is 54.6 Å². The molecule has 28 heavy (non-hydrogen) atoms. The second-order valence-electron chi connectivity index (χ2n) is 6.40. The topological polar surface area (TPSA) is 17.1 Å². The van der Waals surface area contributed by atoms with E-state index in [4.69, 9.17) is 0 Å². The summed E-state index contributed by atoms with van der Waals surface area (Å²) in [7, 11) is -1.88. The molecule has 140 valence electrons. The fourth-order valence-electron chi connectivity index (χ4n) is 3.55. The number of hydrogen-bond donors (Lipinski definition) is 0. The van der Waals surface area contributed by atoms with E-state index >= 15 is 0 Å². The molecule has 0 bridgehead atoms. The number of hydrogen-bond acceptors (Lipinski definition) is 2. The molecule has 0 fully saturated rings. The first kappa shape index (κ1) is 20.7. The minimum Gasteiger partial charge on any atom is -1.00 e. The summed E-state index contributed by atoms with van der Waals surface area (Å²) >= 11 is 1.60. The molecule has 4 rings (SSSR count). The first-order valence-electron chi connectivity index (χ1n) is 8.92. The summed E-state index contributed by atoms with van der Waals surface area (Å²) in [5.74, 6) is 0. The van der Waals surface area contributed by atoms with Crippen molar-refractivity contribution in [2.24, 2.45) is 0 Å². The zero-order valence-corrected chi connectivity index (χ0v) is 18.5. The Morgan fingerprint density at radius 1 is 0.643 bits per heavy atom. The highest BCUT2D eigenvalue weighted by Crippen LogP contribution is 2.58. The van der Waals surface area contributed by atoms with Crippen molar-refractivity contribution in [3.63, 3.8) is 0 Å². The molecule has 1 nitrogen and oxygen atoms in total. The zero-order chi connectivity index (χ0) is 18.5. The van der Waals surface area contributed by atoms with Crippen LogP contribution in [0.4, 0.5) is 0 Å². The summed E-state index contributed by atoms with van der Waals surface area (Å²) in [6.07, 6.45) is 1.87. The highest BCUT2D eigenvalue weighted by molar-refractivity contribution is 7.95. The molecule has 4 heteroatoms. The lowest BCUT2D eigenvalue weighted by Gasteiger charge is -2.27. The first-order chi connectivity index (χ1) is 13.3.